The van der Waals surface area contributed by atoms with E-state index in [0.29, 0.717) is 42.0 Å². The van der Waals surface area contributed by atoms with Crippen LogP contribution in [0.2, 0.25) is 5.15 Å². The molecule has 0 radical (unpaired) electrons. The number of halogens is 1. The summed E-state index contributed by atoms with van der Waals surface area (Å²) in [6.07, 6.45) is 1.68. The van der Waals surface area contributed by atoms with Gasteiger partial charge in [0.1, 0.15) is 11.8 Å². The summed E-state index contributed by atoms with van der Waals surface area (Å²) in [5, 5.41) is 13.0. The smallest absolute Gasteiger partial charge is 0.336 e. The van der Waals surface area contributed by atoms with Crippen LogP contribution in [0.1, 0.15) is 34.0 Å². The molecule has 156 valence electrons. The van der Waals surface area contributed by atoms with Crippen molar-refractivity contribution in [2.75, 3.05) is 11.9 Å². The van der Waals surface area contributed by atoms with E-state index >= 15 is 0 Å². The number of ether oxygens (including phenoxy) is 2. The lowest BCUT2D eigenvalue weighted by Gasteiger charge is -2.15. The Kier molecular flexibility index (Phi) is 7.14. The molecule has 7 heteroatoms. The fourth-order valence-corrected chi connectivity index (χ4v) is 3.07. The Labute approximate surface area is 180 Å². The van der Waals surface area contributed by atoms with Gasteiger partial charge in [-0.2, -0.15) is 0 Å². The summed E-state index contributed by atoms with van der Waals surface area (Å²) in [6.45, 7) is 5.09. The van der Waals surface area contributed by atoms with Gasteiger partial charge in [-0.15, -0.1) is 0 Å². The number of nitrogens with one attached hydrogen (secondary N) is 1. The van der Waals surface area contributed by atoms with Crippen molar-refractivity contribution in [2.24, 2.45) is 0 Å². The van der Waals surface area contributed by atoms with Crippen LogP contribution in [0.4, 0.5) is 5.69 Å². The molecule has 1 aromatic heterocycles. The van der Waals surface area contributed by atoms with Crippen molar-refractivity contribution in [3.8, 4) is 11.5 Å². The van der Waals surface area contributed by atoms with Crippen LogP contribution in [0.3, 0.4) is 0 Å². The number of carbonyl (C=O) groups is 1. The van der Waals surface area contributed by atoms with Crippen molar-refractivity contribution in [2.45, 2.75) is 27.0 Å². The van der Waals surface area contributed by atoms with Gasteiger partial charge in [-0.05, 0) is 55.3 Å². The van der Waals surface area contributed by atoms with E-state index in [4.69, 9.17) is 21.1 Å². The number of aromatic carboxylic acids is 1. The average molecular weight is 427 g/mol. The van der Waals surface area contributed by atoms with Crippen molar-refractivity contribution in [3.05, 3.63) is 82.1 Å². The maximum Gasteiger partial charge on any atom is 0.336 e. The van der Waals surface area contributed by atoms with Gasteiger partial charge in [-0.1, -0.05) is 29.8 Å². The van der Waals surface area contributed by atoms with Crippen LogP contribution in [0.25, 0.3) is 0 Å². The predicted octanol–water partition coefficient (Wildman–Crippen LogP) is 5.33. The first kappa shape index (κ1) is 21.5. The zero-order valence-corrected chi connectivity index (χ0v) is 17.6. The average Bonchev–Trinajstić information content (AvgIpc) is 2.73. The van der Waals surface area contributed by atoms with Gasteiger partial charge in [0.2, 0.25) is 0 Å². The van der Waals surface area contributed by atoms with E-state index in [1.165, 1.54) is 0 Å². The Morgan fingerprint density at radius 2 is 1.90 bits per heavy atom. The topological polar surface area (TPSA) is 80.7 Å². The maximum atomic E-state index is 11.3. The molecule has 0 fully saturated rings. The van der Waals surface area contributed by atoms with Gasteiger partial charge in [0, 0.05) is 24.0 Å². The molecule has 0 aliphatic rings. The highest BCUT2D eigenvalue weighted by atomic mass is 35.5. The van der Waals surface area contributed by atoms with Crippen LogP contribution >= 0.6 is 11.6 Å². The van der Waals surface area contributed by atoms with Crippen molar-refractivity contribution in [3.63, 3.8) is 0 Å². The fourth-order valence-electron chi connectivity index (χ4n) is 2.96. The summed E-state index contributed by atoms with van der Waals surface area (Å²) in [4.78, 5) is 15.4. The SMILES string of the molecule is CCOc1cc(CNc2cccc(C(=O)O)c2C)ccc1OCc1ccc(Cl)nc1. The summed E-state index contributed by atoms with van der Waals surface area (Å²) < 4.78 is 11.6. The van der Waals surface area contributed by atoms with Gasteiger partial charge in [0.15, 0.2) is 11.5 Å². The van der Waals surface area contributed by atoms with E-state index in [1.807, 2.05) is 37.3 Å². The van der Waals surface area contributed by atoms with Gasteiger partial charge in [0.25, 0.3) is 0 Å². The Morgan fingerprint density at radius 3 is 2.60 bits per heavy atom. The molecule has 0 atom stereocenters. The van der Waals surface area contributed by atoms with Gasteiger partial charge >= 0.3 is 5.97 Å². The first-order valence-corrected chi connectivity index (χ1v) is 9.91. The summed E-state index contributed by atoms with van der Waals surface area (Å²) in [7, 11) is 0. The second-order valence-corrected chi connectivity index (χ2v) is 7.02. The molecule has 6 nitrogen and oxygen atoms in total. The van der Waals surface area contributed by atoms with E-state index in [9.17, 15) is 9.90 Å². The molecular formula is C23H23ClN2O4. The number of hydrogen-bond acceptors (Lipinski definition) is 5. The third kappa shape index (κ3) is 5.42. The van der Waals surface area contributed by atoms with E-state index in [2.05, 4.69) is 10.3 Å². The van der Waals surface area contributed by atoms with Crippen molar-refractivity contribution < 1.29 is 19.4 Å². The number of rotatable bonds is 9. The van der Waals surface area contributed by atoms with E-state index in [1.54, 1.807) is 31.3 Å². The monoisotopic (exact) mass is 426 g/mol. The molecule has 0 bridgehead atoms. The number of hydrogen-bond donors (Lipinski definition) is 2. The number of carboxylic acids is 1. The number of benzene rings is 2. The molecule has 3 aromatic rings. The minimum Gasteiger partial charge on any atom is -0.490 e. The van der Waals surface area contributed by atoms with Crippen LogP contribution in [0.5, 0.6) is 11.5 Å². The lowest BCUT2D eigenvalue weighted by atomic mass is 10.1. The zero-order chi connectivity index (χ0) is 21.5. The normalized spacial score (nSPS) is 10.5. The first-order valence-electron chi connectivity index (χ1n) is 9.53. The number of aromatic nitrogens is 1. The van der Waals surface area contributed by atoms with Crippen LogP contribution in [-0.2, 0) is 13.2 Å². The number of anilines is 1. The highest BCUT2D eigenvalue weighted by Crippen LogP contribution is 2.30. The molecule has 0 amide bonds. The molecule has 2 N–H and O–H groups in total. The van der Waals surface area contributed by atoms with Crippen LogP contribution in [0, 0.1) is 6.92 Å². The van der Waals surface area contributed by atoms with Crippen LogP contribution < -0.4 is 14.8 Å². The molecule has 1 heterocycles. The highest BCUT2D eigenvalue weighted by Gasteiger charge is 2.11. The third-order valence-corrected chi connectivity index (χ3v) is 4.76. The number of pyridine rings is 1. The molecule has 30 heavy (non-hydrogen) atoms. The lowest BCUT2D eigenvalue weighted by molar-refractivity contribution is 0.0696. The molecule has 0 saturated heterocycles. The molecule has 0 unspecified atom stereocenters. The molecule has 0 spiro atoms. The highest BCUT2D eigenvalue weighted by molar-refractivity contribution is 6.29. The standard InChI is InChI=1S/C23H23ClN2O4/c1-3-29-21-11-16(12-25-19-6-4-5-18(15(19)2)23(27)28)7-9-20(21)30-14-17-8-10-22(24)26-13-17/h4-11,13,25H,3,12,14H2,1-2H3,(H,27,28). The Morgan fingerprint density at radius 1 is 1.10 bits per heavy atom. The minimum absolute atomic E-state index is 0.287. The van der Waals surface area contributed by atoms with Crippen molar-refractivity contribution in [1.29, 1.82) is 0 Å². The minimum atomic E-state index is -0.938. The second kappa shape index (κ2) is 9.98. The first-order chi connectivity index (χ1) is 14.5. The van der Waals surface area contributed by atoms with Crippen molar-refractivity contribution in [1.82, 2.24) is 4.98 Å². The summed E-state index contributed by atoms with van der Waals surface area (Å²) in [5.41, 5.74) is 3.66. The summed E-state index contributed by atoms with van der Waals surface area (Å²) in [5.74, 6) is 0.349. The van der Waals surface area contributed by atoms with Gasteiger partial charge in [0.05, 0.1) is 12.2 Å². The van der Waals surface area contributed by atoms with Crippen molar-refractivity contribution >= 4 is 23.3 Å². The van der Waals surface area contributed by atoms with Crippen LogP contribution in [-0.4, -0.2) is 22.7 Å². The van der Waals surface area contributed by atoms with E-state index < -0.39 is 5.97 Å². The third-order valence-electron chi connectivity index (χ3n) is 4.54. The number of nitrogens with zero attached hydrogens (tertiary/aromatic N) is 1. The molecule has 0 aliphatic carbocycles. The molecule has 2 aromatic carbocycles. The Hall–Kier alpha value is -3.25. The van der Waals surface area contributed by atoms with E-state index in [-0.39, 0.29) is 5.56 Å². The van der Waals surface area contributed by atoms with Crippen LogP contribution in [0.15, 0.2) is 54.7 Å². The second-order valence-electron chi connectivity index (χ2n) is 6.63. The Balaban J connectivity index is 1.71. The zero-order valence-electron chi connectivity index (χ0n) is 16.8. The van der Waals surface area contributed by atoms with Gasteiger partial charge in [-0.3, -0.25) is 0 Å². The molecule has 0 aliphatic heterocycles. The Bertz CT molecular complexity index is 1020. The predicted molar refractivity (Wildman–Crippen MR) is 117 cm³/mol. The van der Waals surface area contributed by atoms with Gasteiger partial charge < -0.3 is 19.9 Å². The maximum absolute atomic E-state index is 11.3. The van der Waals surface area contributed by atoms with E-state index in [0.717, 1.165) is 16.8 Å². The number of carboxylic acid groups (broad SMARTS) is 1. The molecular weight excluding hydrogens is 404 g/mol. The largest absolute Gasteiger partial charge is 0.490 e. The quantitative estimate of drug-likeness (QED) is 0.450. The summed E-state index contributed by atoms with van der Waals surface area (Å²) >= 11 is 5.81. The fraction of sp³-hybridized carbons (Fsp3) is 0.217. The lowest BCUT2D eigenvalue weighted by Crippen LogP contribution is -2.06. The van der Waals surface area contributed by atoms with Gasteiger partial charge in [-0.25, -0.2) is 9.78 Å². The summed E-state index contributed by atoms with van der Waals surface area (Å²) in [6, 6.07) is 14.5. The molecule has 3 rings (SSSR count). The molecule has 0 saturated carbocycles.